The number of hydrogen-bond acceptors (Lipinski definition) is 4. The monoisotopic (exact) mass is 289 g/mol. The van der Waals surface area contributed by atoms with Crippen molar-refractivity contribution in [2.45, 2.75) is 23.8 Å². The van der Waals surface area contributed by atoms with Gasteiger partial charge in [-0.3, -0.25) is 4.98 Å². The van der Waals surface area contributed by atoms with E-state index < -0.39 is 10.0 Å². The van der Waals surface area contributed by atoms with Crippen LogP contribution in [0.15, 0.2) is 47.6 Å². The van der Waals surface area contributed by atoms with Gasteiger partial charge in [0.15, 0.2) is 0 Å². The molecule has 5 nitrogen and oxygen atoms in total. The molecule has 1 heterocycles. The Morgan fingerprint density at radius 3 is 2.40 bits per heavy atom. The van der Waals surface area contributed by atoms with Crippen LogP contribution in [0, 0.1) is 0 Å². The summed E-state index contributed by atoms with van der Waals surface area (Å²) in [6.45, 7) is 0. The quantitative estimate of drug-likeness (QED) is 0.886. The van der Waals surface area contributed by atoms with Crippen molar-refractivity contribution in [3.8, 4) is 0 Å². The Labute approximate surface area is 117 Å². The lowest BCUT2D eigenvalue weighted by atomic mass is 10.1. The van der Waals surface area contributed by atoms with Crippen LogP contribution in [0.25, 0.3) is 0 Å². The van der Waals surface area contributed by atoms with Gasteiger partial charge in [0.25, 0.3) is 0 Å². The lowest BCUT2D eigenvalue weighted by molar-refractivity contribution is 0.555. The summed E-state index contributed by atoms with van der Waals surface area (Å²) in [5, 5.41) is 0. The van der Waals surface area contributed by atoms with Crippen molar-refractivity contribution in [1.29, 1.82) is 0 Å². The number of rotatable bonds is 3. The van der Waals surface area contributed by atoms with Crippen LogP contribution in [0.2, 0.25) is 0 Å². The van der Waals surface area contributed by atoms with Crippen molar-refractivity contribution < 1.29 is 8.42 Å². The molecule has 0 aliphatic heterocycles. The molecule has 3 rings (SSSR count). The highest BCUT2D eigenvalue weighted by Gasteiger charge is 2.27. The number of pyridine rings is 1. The second-order valence-corrected chi connectivity index (χ2v) is 6.59. The standard InChI is InChI=1S/C14H15N3O2S/c15-13-5-6-16-9-14(13)20(18,19)17-12-7-10-3-1-2-4-11(10)8-12/h1-6,9,12,17H,7-8H2,(H2,15,16). The highest BCUT2D eigenvalue weighted by atomic mass is 32.2. The fourth-order valence-corrected chi connectivity index (χ4v) is 3.85. The Morgan fingerprint density at radius 1 is 1.15 bits per heavy atom. The number of nitrogen functional groups attached to an aromatic ring is 1. The zero-order valence-electron chi connectivity index (χ0n) is 10.8. The van der Waals surface area contributed by atoms with Gasteiger partial charge in [-0.25, -0.2) is 13.1 Å². The molecule has 104 valence electrons. The van der Waals surface area contributed by atoms with Gasteiger partial charge < -0.3 is 5.73 Å². The number of benzene rings is 1. The molecule has 0 atom stereocenters. The van der Waals surface area contributed by atoms with E-state index in [0.717, 1.165) is 0 Å². The first-order chi connectivity index (χ1) is 9.56. The molecule has 2 aromatic rings. The molecule has 0 unspecified atom stereocenters. The van der Waals surface area contributed by atoms with Crippen LogP contribution in [0.4, 0.5) is 5.69 Å². The van der Waals surface area contributed by atoms with Gasteiger partial charge in [-0.15, -0.1) is 0 Å². The van der Waals surface area contributed by atoms with Gasteiger partial charge in [0, 0.05) is 18.4 Å². The van der Waals surface area contributed by atoms with Crippen LogP contribution in [0.3, 0.4) is 0 Å². The topological polar surface area (TPSA) is 85.1 Å². The highest BCUT2D eigenvalue weighted by Crippen LogP contribution is 2.24. The maximum Gasteiger partial charge on any atom is 0.244 e. The molecule has 3 N–H and O–H groups in total. The minimum Gasteiger partial charge on any atom is -0.398 e. The molecule has 0 saturated carbocycles. The number of nitrogens with two attached hydrogens (primary N) is 1. The predicted octanol–water partition coefficient (Wildman–Crippen LogP) is 1.11. The predicted molar refractivity (Wildman–Crippen MR) is 76.6 cm³/mol. The molecule has 1 aromatic carbocycles. The van der Waals surface area contributed by atoms with Crippen LogP contribution in [-0.2, 0) is 22.9 Å². The molecule has 0 bridgehead atoms. The zero-order chi connectivity index (χ0) is 14.2. The average molecular weight is 289 g/mol. The highest BCUT2D eigenvalue weighted by molar-refractivity contribution is 7.89. The Hall–Kier alpha value is -1.92. The van der Waals surface area contributed by atoms with Crippen molar-refractivity contribution in [2.24, 2.45) is 0 Å². The Bertz CT molecular complexity index is 719. The second-order valence-electron chi connectivity index (χ2n) is 4.91. The van der Waals surface area contributed by atoms with Gasteiger partial charge in [-0.2, -0.15) is 0 Å². The third kappa shape index (κ3) is 2.39. The average Bonchev–Trinajstić information content (AvgIpc) is 2.80. The summed E-state index contributed by atoms with van der Waals surface area (Å²) in [5.41, 5.74) is 8.30. The number of hydrogen-bond donors (Lipinski definition) is 2. The summed E-state index contributed by atoms with van der Waals surface area (Å²) >= 11 is 0. The first-order valence-electron chi connectivity index (χ1n) is 6.35. The molecule has 1 aliphatic rings. The fraction of sp³-hybridized carbons (Fsp3) is 0.214. The minimum absolute atomic E-state index is 0.0379. The lowest BCUT2D eigenvalue weighted by Gasteiger charge is -2.13. The molecule has 20 heavy (non-hydrogen) atoms. The van der Waals surface area contributed by atoms with E-state index in [1.165, 1.54) is 29.6 Å². The number of nitrogens with one attached hydrogen (secondary N) is 1. The van der Waals surface area contributed by atoms with E-state index >= 15 is 0 Å². The van der Waals surface area contributed by atoms with Crippen LogP contribution < -0.4 is 10.5 Å². The van der Waals surface area contributed by atoms with E-state index in [-0.39, 0.29) is 16.6 Å². The summed E-state index contributed by atoms with van der Waals surface area (Å²) < 4.78 is 27.4. The van der Waals surface area contributed by atoms with Crippen LogP contribution >= 0.6 is 0 Å². The summed E-state index contributed by atoms with van der Waals surface area (Å²) in [7, 11) is -3.63. The Kier molecular flexibility index (Phi) is 3.19. The van der Waals surface area contributed by atoms with E-state index in [4.69, 9.17) is 5.73 Å². The number of anilines is 1. The van der Waals surface area contributed by atoms with E-state index in [1.807, 2.05) is 24.3 Å². The van der Waals surface area contributed by atoms with Gasteiger partial charge >= 0.3 is 0 Å². The van der Waals surface area contributed by atoms with Gasteiger partial charge in [0.2, 0.25) is 10.0 Å². The molecule has 0 spiro atoms. The van der Waals surface area contributed by atoms with Crippen molar-refractivity contribution in [3.63, 3.8) is 0 Å². The Morgan fingerprint density at radius 2 is 1.80 bits per heavy atom. The summed E-state index contributed by atoms with van der Waals surface area (Å²) in [6.07, 6.45) is 4.16. The molecule has 6 heteroatoms. The smallest absolute Gasteiger partial charge is 0.244 e. The van der Waals surface area contributed by atoms with E-state index in [1.54, 1.807) is 0 Å². The van der Waals surface area contributed by atoms with Gasteiger partial charge in [0.05, 0.1) is 5.69 Å². The first-order valence-corrected chi connectivity index (χ1v) is 7.83. The SMILES string of the molecule is Nc1ccncc1S(=O)(=O)NC1Cc2ccccc2C1. The van der Waals surface area contributed by atoms with Gasteiger partial charge in [-0.1, -0.05) is 24.3 Å². The molecule has 0 fully saturated rings. The number of aromatic nitrogens is 1. The maximum atomic E-state index is 12.3. The summed E-state index contributed by atoms with van der Waals surface area (Å²) in [6, 6.07) is 9.35. The van der Waals surface area contributed by atoms with Crippen molar-refractivity contribution in [2.75, 3.05) is 5.73 Å². The molecule has 1 aromatic heterocycles. The minimum atomic E-state index is -3.63. The summed E-state index contributed by atoms with van der Waals surface area (Å²) in [5.74, 6) is 0. The third-order valence-corrected chi connectivity index (χ3v) is 5.04. The summed E-state index contributed by atoms with van der Waals surface area (Å²) in [4.78, 5) is 3.86. The zero-order valence-corrected chi connectivity index (χ0v) is 11.6. The fourth-order valence-electron chi connectivity index (χ4n) is 2.54. The van der Waals surface area contributed by atoms with Gasteiger partial charge in [0.1, 0.15) is 4.90 Å². The van der Waals surface area contributed by atoms with Crippen LogP contribution in [0.1, 0.15) is 11.1 Å². The van der Waals surface area contributed by atoms with Crippen LogP contribution in [-0.4, -0.2) is 19.4 Å². The normalized spacial score (nSPS) is 15.2. The van der Waals surface area contributed by atoms with Crippen LogP contribution in [0.5, 0.6) is 0 Å². The van der Waals surface area contributed by atoms with Crippen molar-refractivity contribution in [1.82, 2.24) is 9.71 Å². The number of fused-ring (bicyclic) bond motifs is 1. The van der Waals surface area contributed by atoms with Crippen molar-refractivity contribution >= 4 is 15.7 Å². The molecular weight excluding hydrogens is 274 g/mol. The largest absolute Gasteiger partial charge is 0.398 e. The first kappa shape index (κ1) is 13.1. The second kappa shape index (κ2) is 4.88. The molecule has 0 saturated heterocycles. The third-order valence-electron chi connectivity index (χ3n) is 3.48. The molecular formula is C14H15N3O2S. The number of sulfonamides is 1. The molecule has 1 aliphatic carbocycles. The molecule has 0 amide bonds. The van der Waals surface area contributed by atoms with E-state index in [9.17, 15) is 8.42 Å². The van der Waals surface area contributed by atoms with E-state index in [2.05, 4.69) is 9.71 Å². The van der Waals surface area contributed by atoms with Gasteiger partial charge in [-0.05, 0) is 30.0 Å². The lowest BCUT2D eigenvalue weighted by Crippen LogP contribution is -2.35. The maximum absolute atomic E-state index is 12.3. The molecule has 0 radical (unpaired) electrons. The van der Waals surface area contributed by atoms with Crippen molar-refractivity contribution in [3.05, 3.63) is 53.9 Å². The van der Waals surface area contributed by atoms with E-state index in [0.29, 0.717) is 12.8 Å². The Balaban J connectivity index is 1.81. The number of nitrogens with zero attached hydrogens (tertiary/aromatic N) is 1.